The van der Waals surface area contributed by atoms with Crippen molar-refractivity contribution in [2.45, 2.75) is 39.2 Å². The average molecular weight is 434 g/mol. The highest BCUT2D eigenvalue weighted by atomic mass is 32.1. The molecule has 3 nitrogen and oxygen atoms in total. The normalized spacial score (nSPS) is 15.5. The van der Waals surface area contributed by atoms with Gasteiger partial charge in [0, 0.05) is 21.3 Å². The van der Waals surface area contributed by atoms with E-state index in [0.717, 1.165) is 6.42 Å². The van der Waals surface area contributed by atoms with Gasteiger partial charge in [-0.05, 0) is 91.9 Å². The summed E-state index contributed by atoms with van der Waals surface area (Å²) in [6.45, 7) is 9.51. The number of nitrogens with zero attached hydrogens (tertiary/aromatic N) is 1. The number of nitrogens with two attached hydrogens (primary N) is 1. The van der Waals surface area contributed by atoms with Gasteiger partial charge >= 0.3 is 0 Å². The molecule has 0 saturated carbocycles. The fraction of sp³-hybridized carbons (Fsp3) is 0.333. The quantitative estimate of drug-likeness (QED) is 0.479. The van der Waals surface area contributed by atoms with Crippen LogP contribution in [0, 0.1) is 0 Å². The van der Waals surface area contributed by atoms with Crippen molar-refractivity contribution in [1.29, 1.82) is 0 Å². The molecule has 3 aromatic rings. The van der Waals surface area contributed by atoms with E-state index in [1.165, 1.54) is 69.5 Å². The lowest BCUT2D eigenvalue weighted by Gasteiger charge is -2.30. The van der Waals surface area contributed by atoms with Gasteiger partial charge in [-0.3, -0.25) is 0 Å². The number of piperidine rings is 1. The third-order valence-corrected chi connectivity index (χ3v) is 6.83. The molecule has 0 spiro atoms. The maximum Gasteiger partial charge on any atom is 0.0359 e. The Morgan fingerprint density at radius 3 is 2.55 bits per heavy atom. The van der Waals surface area contributed by atoms with Crippen molar-refractivity contribution in [2.24, 2.45) is 5.73 Å². The highest BCUT2D eigenvalue weighted by Gasteiger charge is 2.19. The number of thiophene rings is 1. The molecule has 0 bridgehead atoms. The molecule has 1 aliphatic heterocycles. The Morgan fingerprint density at radius 1 is 1.13 bits per heavy atom. The third-order valence-electron chi connectivity index (χ3n) is 5.68. The zero-order valence-electron chi connectivity index (χ0n) is 19.0. The molecule has 1 aliphatic carbocycles. The molecular formula is C27H35N3S. The van der Waals surface area contributed by atoms with E-state index in [9.17, 15) is 0 Å². The highest BCUT2D eigenvalue weighted by molar-refractivity contribution is 7.22. The van der Waals surface area contributed by atoms with Gasteiger partial charge in [0.05, 0.1) is 0 Å². The fourth-order valence-electron chi connectivity index (χ4n) is 4.18. The molecule has 0 amide bonds. The Kier molecular flexibility index (Phi) is 8.33. The van der Waals surface area contributed by atoms with Gasteiger partial charge in [0.15, 0.2) is 0 Å². The third kappa shape index (κ3) is 5.57. The predicted molar refractivity (Wildman–Crippen MR) is 140 cm³/mol. The Bertz CT molecular complexity index is 993. The van der Waals surface area contributed by atoms with Crippen LogP contribution >= 0.6 is 11.3 Å². The van der Waals surface area contributed by atoms with E-state index in [4.69, 9.17) is 0 Å². The average Bonchev–Trinajstić information content (AvgIpc) is 3.43. The molecule has 0 unspecified atom stereocenters. The number of benzene rings is 2. The van der Waals surface area contributed by atoms with E-state index >= 15 is 0 Å². The molecule has 1 saturated heterocycles. The van der Waals surface area contributed by atoms with Crippen molar-refractivity contribution in [1.82, 2.24) is 4.90 Å². The number of hydrogen-bond acceptors (Lipinski definition) is 4. The predicted octanol–water partition coefficient (Wildman–Crippen LogP) is 6.76. The van der Waals surface area contributed by atoms with E-state index < -0.39 is 0 Å². The molecular weight excluding hydrogens is 398 g/mol. The first-order valence-corrected chi connectivity index (χ1v) is 12.1. The smallest absolute Gasteiger partial charge is 0.0359 e. The van der Waals surface area contributed by atoms with Crippen LogP contribution in [0.15, 0.2) is 61.3 Å². The van der Waals surface area contributed by atoms with Crippen molar-refractivity contribution in [3.8, 4) is 10.4 Å². The molecule has 164 valence electrons. The van der Waals surface area contributed by atoms with E-state index in [1.807, 2.05) is 25.2 Å². The van der Waals surface area contributed by atoms with Gasteiger partial charge in [0.25, 0.3) is 0 Å². The zero-order chi connectivity index (χ0) is 22.2. The van der Waals surface area contributed by atoms with Crippen molar-refractivity contribution >= 4 is 33.2 Å². The minimum Gasteiger partial charge on any atom is -0.405 e. The number of allylic oxidation sites excluding steroid dienone is 1. The summed E-state index contributed by atoms with van der Waals surface area (Å²) in [4.78, 5) is 3.81. The van der Waals surface area contributed by atoms with Crippen LogP contribution < -0.4 is 11.1 Å². The minimum absolute atomic E-state index is 0.588. The van der Waals surface area contributed by atoms with E-state index in [0.29, 0.717) is 6.04 Å². The monoisotopic (exact) mass is 433 g/mol. The first kappa shape index (κ1) is 23.1. The Morgan fingerprint density at radius 2 is 1.84 bits per heavy atom. The van der Waals surface area contributed by atoms with Gasteiger partial charge in [-0.25, -0.2) is 0 Å². The van der Waals surface area contributed by atoms with Crippen molar-refractivity contribution in [2.75, 3.05) is 25.5 Å². The lowest BCUT2D eigenvalue weighted by molar-refractivity contribution is 0.264. The fourth-order valence-corrected chi connectivity index (χ4v) is 5.29. The maximum absolute atomic E-state index is 4.61. The number of fused-ring (bicyclic) bond motifs is 2. The van der Waals surface area contributed by atoms with Crippen molar-refractivity contribution < 1.29 is 0 Å². The van der Waals surface area contributed by atoms with Gasteiger partial charge in [0.2, 0.25) is 0 Å². The zero-order valence-corrected chi connectivity index (χ0v) is 19.8. The van der Waals surface area contributed by atoms with Gasteiger partial charge < -0.3 is 16.0 Å². The summed E-state index contributed by atoms with van der Waals surface area (Å²) in [6, 6.07) is 16.4. The molecule has 31 heavy (non-hydrogen) atoms. The lowest BCUT2D eigenvalue weighted by atomic mass is 9.98. The van der Waals surface area contributed by atoms with E-state index in [-0.39, 0.29) is 0 Å². The summed E-state index contributed by atoms with van der Waals surface area (Å²) >= 11 is 1.91. The molecule has 1 aromatic heterocycles. The van der Waals surface area contributed by atoms with Crippen molar-refractivity contribution in [3.63, 3.8) is 0 Å². The number of nitrogens with one attached hydrogen (secondary N) is 1. The van der Waals surface area contributed by atoms with Crippen LogP contribution in [-0.2, 0) is 6.42 Å². The summed E-state index contributed by atoms with van der Waals surface area (Å²) in [6.07, 6.45) is 9.32. The summed E-state index contributed by atoms with van der Waals surface area (Å²) in [5.41, 5.74) is 10.2. The Labute approximate surface area is 191 Å². The minimum atomic E-state index is 0.588. The summed E-state index contributed by atoms with van der Waals surface area (Å²) in [7, 11) is 2.22. The van der Waals surface area contributed by atoms with Crippen LogP contribution in [0.1, 0.15) is 37.8 Å². The molecule has 5 rings (SSSR count). The number of rotatable bonds is 3. The number of hydrogen-bond donors (Lipinski definition) is 2. The number of likely N-dealkylation sites (tertiary alicyclic amines) is 1. The molecule has 0 atom stereocenters. The molecule has 2 aliphatic rings. The summed E-state index contributed by atoms with van der Waals surface area (Å²) in [5.74, 6) is 0. The summed E-state index contributed by atoms with van der Waals surface area (Å²) < 4.78 is 1.37. The van der Waals surface area contributed by atoms with Crippen LogP contribution in [0.4, 0.5) is 5.69 Å². The largest absolute Gasteiger partial charge is 0.405 e. The molecule has 2 aromatic carbocycles. The highest BCUT2D eigenvalue weighted by Crippen LogP contribution is 2.40. The van der Waals surface area contributed by atoms with Crippen LogP contribution in [0.25, 0.3) is 26.6 Å². The first-order chi connectivity index (χ1) is 15.2. The topological polar surface area (TPSA) is 41.3 Å². The Hall–Kier alpha value is -2.56. The standard InChI is InChI=1S/C23H24N2S.C2H5N.C2H6/c1-25-11-9-18(10-12-25)24-19-13-16-6-4-7-20(16)21(15-19)23-14-17-5-2-3-8-22(17)26-23;1-2-3;1-2/h2-6,8,13-15,18,24H,7,9-12H2,1H3;2H,1,3H2;1-2H3. The molecule has 0 radical (unpaired) electrons. The second kappa shape index (κ2) is 11.2. The van der Waals surface area contributed by atoms with E-state index in [1.54, 1.807) is 0 Å². The molecule has 4 heteroatoms. The van der Waals surface area contributed by atoms with Crippen molar-refractivity contribution in [3.05, 3.63) is 72.4 Å². The lowest BCUT2D eigenvalue weighted by Crippen LogP contribution is -2.36. The maximum atomic E-state index is 4.61. The van der Waals surface area contributed by atoms with Gasteiger partial charge in [-0.15, -0.1) is 11.3 Å². The molecule has 1 fully saturated rings. The van der Waals surface area contributed by atoms with Crippen LogP contribution in [0.5, 0.6) is 0 Å². The first-order valence-electron chi connectivity index (χ1n) is 11.3. The second-order valence-corrected chi connectivity index (χ2v) is 8.89. The van der Waals surface area contributed by atoms with Crippen LogP contribution in [0.3, 0.4) is 0 Å². The van der Waals surface area contributed by atoms with E-state index in [2.05, 4.69) is 84.2 Å². The molecule has 3 N–H and O–H groups in total. The van der Waals surface area contributed by atoms with Gasteiger partial charge in [-0.2, -0.15) is 0 Å². The van der Waals surface area contributed by atoms with Gasteiger partial charge in [0.1, 0.15) is 0 Å². The second-order valence-electron chi connectivity index (χ2n) is 7.80. The van der Waals surface area contributed by atoms with Crippen LogP contribution in [-0.4, -0.2) is 31.1 Å². The summed E-state index contributed by atoms with van der Waals surface area (Å²) in [5, 5.41) is 5.17. The number of anilines is 1. The van der Waals surface area contributed by atoms with Gasteiger partial charge in [-0.1, -0.05) is 50.8 Å². The SMILES string of the molecule is C=CN.CC.CN1CCC(Nc2cc3c(c(-c4cc5ccccc5s4)c2)CC=C3)CC1. The molecule has 2 heterocycles. The van der Waals surface area contributed by atoms with Crippen LogP contribution in [0.2, 0.25) is 0 Å². The Balaban J connectivity index is 0.000000504.